The van der Waals surface area contributed by atoms with Crippen molar-refractivity contribution in [3.63, 3.8) is 0 Å². The van der Waals surface area contributed by atoms with E-state index in [4.69, 9.17) is 5.11 Å². The van der Waals surface area contributed by atoms with Crippen molar-refractivity contribution in [1.29, 1.82) is 0 Å². The van der Waals surface area contributed by atoms with E-state index in [2.05, 4.69) is 4.74 Å². The van der Waals surface area contributed by atoms with E-state index in [-0.39, 0.29) is 6.61 Å². The van der Waals surface area contributed by atoms with Gasteiger partial charge < -0.3 is 9.84 Å². The highest BCUT2D eigenvalue weighted by Gasteiger charge is 1.90. The van der Waals surface area contributed by atoms with Gasteiger partial charge in [0.05, 0.1) is 0 Å². The monoisotopic (exact) mass is 182 g/mol. The molecule has 1 rings (SSSR count). The van der Waals surface area contributed by atoms with E-state index in [0.717, 1.165) is 0 Å². The number of hydrogen-bond acceptors (Lipinski definition) is 2. The number of rotatable bonds is 3. The summed E-state index contributed by atoms with van der Waals surface area (Å²) in [5.41, 5.74) is 0. The lowest BCUT2D eigenvalue weighted by atomic mass is 10.4. The van der Waals surface area contributed by atoms with E-state index in [0.29, 0.717) is 6.61 Å². The Morgan fingerprint density at radius 2 is 1.54 bits per heavy atom. The van der Waals surface area contributed by atoms with Crippen molar-refractivity contribution in [3.8, 4) is 0 Å². The van der Waals surface area contributed by atoms with Crippen molar-refractivity contribution in [2.75, 3.05) is 13.2 Å². The summed E-state index contributed by atoms with van der Waals surface area (Å²) in [6.45, 7) is 2.03. The minimum Gasteiger partial charge on any atom is -0.480 e. The molecule has 0 spiro atoms. The van der Waals surface area contributed by atoms with Crippen molar-refractivity contribution in [3.05, 3.63) is 36.4 Å². The molecule has 0 unspecified atom stereocenters. The molecule has 3 heteroatoms. The molecule has 0 aromatic heterocycles. The maximum Gasteiger partial charge on any atom is 0.329 e. The maximum absolute atomic E-state index is 9.63. The summed E-state index contributed by atoms with van der Waals surface area (Å²) in [5, 5.41) is 7.92. The topological polar surface area (TPSA) is 46.5 Å². The van der Waals surface area contributed by atoms with Crippen LogP contribution in [0.25, 0.3) is 0 Å². The van der Waals surface area contributed by atoms with Gasteiger partial charge in [0.15, 0.2) is 0 Å². The molecule has 1 aromatic carbocycles. The first-order valence-corrected chi connectivity index (χ1v) is 4.07. The van der Waals surface area contributed by atoms with E-state index in [1.807, 2.05) is 36.4 Å². The van der Waals surface area contributed by atoms with Gasteiger partial charge in [0.2, 0.25) is 0 Å². The van der Waals surface area contributed by atoms with Crippen LogP contribution >= 0.6 is 0 Å². The molecule has 0 aliphatic heterocycles. The van der Waals surface area contributed by atoms with E-state index < -0.39 is 5.97 Å². The Morgan fingerprint density at radius 3 is 1.69 bits per heavy atom. The number of aliphatic carboxylic acids is 1. The average molecular weight is 182 g/mol. The Labute approximate surface area is 78.0 Å². The molecule has 0 radical (unpaired) electrons. The fourth-order valence-electron chi connectivity index (χ4n) is 0.574. The number of carboxylic acids is 1. The summed E-state index contributed by atoms with van der Waals surface area (Å²) in [6.07, 6.45) is 0. The van der Waals surface area contributed by atoms with Crippen LogP contribution < -0.4 is 0 Å². The first-order chi connectivity index (χ1) is 6.27. The SMILES string of the molecule is CCOCC(=O)O.c1ccccc1. The highest BCUT2D eigenvalue weighted by atomic mass is 16.5. The van der Waals surface area contributed by atoms with Crippen LogP contribution in [0, 0.1) is 0 Å². The first-order valence-electron chi connectivity index (χ1n) is 4.07. The van der Waals surface area contributed by atoms with Gasteiger partial charge in [-0.2, -0.15) is 0 Å². The molecule has 1 aromatic rings. The third kappa shape index (κ3) is 10.7. The Morgan fingerprint density at radius 1 is 1.15 bits per heavy atom. The Bertz CT molecular complexity index is 182. The molecule has 72 valence electrons. The number of benzene rings is 1. The van der Waals surface area contributed by atoms with Crippen LogP contribution in [0.3, 0.4) is 0 Å². The van der Waals surface area contributed by atoms with Gasteiger partial charge in [-0.1, -0.05) is 36.4 Å². The molecule has 0 heterocycles. The quantitative estimate of drug-likeness (QED) is 0.775. The lowest BCUT2D eigenvalue weighted by Gasteiger charge is -1.90. The fourth-order valence-corrected chi connectivity index (χ4v) is 0.574. The summed E-state index contributed by atoms with van der Waals surface area (Å²) in [4.78, 5) is 9.63. The molecule has 0 bridgehead atoms. The lowest BCUT2D eigenvalue weighted by Crippen LogP contribution is -2.05. The second-order valence-corrected chi connectivity index (χ2v) is 2.19. The maximum atomic E-state index is 9.63. The minimum absolute atomic E-state index is 0.184. The van der Waals surface area contributed by atoms with Crippen LogP contribution in [0.4, 0.5) is 0 Å². The van der Waals surface area contributed by atoms with Gasteiger partial charge in [-0.25, -0.2) is 4.79 Å². The van der Waals surface area contributed by atoms with Crippen molar-refractivity contribution in [2.24, 2.45) is 0 Å². The molecule has 1 N–H and O–H groups in total. The predicted octanol–water partition coefficient (Wildman–Crippen LogP) is 1.79. The van der Waals surface area contributed by atoms with Gasteiger partial charge >= 0.3 is 5.97 Å². The summed E-state index contributed by atoms with van der Waals surface area (Å²) < 4.78 is 4.50. The van der Waals surface area contributed by atoms with Crippen molar-refractivity contribution in [1.82, 2.24) is 0 Å². The molecule has 0 atom stereocenters. The Hall–Kier alpha value is -1.35. The highest BCUT2D eigenvalue weighted by molar-refractivity contribution is 5.67. The third-order valence-electron chi connectivity index (χ3n) is 1.10. The summed E-state index contributed by atoms with van der Waals surface area (Å²) >= 11 is 0. The van der Waals surface area contributed by atoms with Crippen molar-refractivity contribution >= 4 is 5.97 Å². The van der Waals surface area contributed by atoms with Gasteiger partial charge in [-0.15, -0.1) is 0 Å². The molecule has 0 fully saturated rings. The standard InChI is InChI=1S/C6H6.C4H8O3/c1-2-4-6-5-3-1;1-2-7-3-4(5)6/h1-6H;2-3H2,1H3,(H,5,6). The number of ether oxygens (including phenoxy) is 1. The smallest absolute Gasteiger partial charge is 0.329 e. The first kappa shape index (κ1) is 11.6. The fraction of sp³-hybridized carbons (Fsp3) is 0.300. The number of hydrogen-bond donors (Lipinski definition) is 1. The van der Waals surface area contributed by atoms with Crippen LogP contribution in [0.1, 0.15) is 6.92 Å². The summed E-state index contributed by atoms with van der Waals surface area (Å²) in [6, 6.07) is 12.0. The average Bonchev–Trinajstić information content (AvgIpc) is 2.18. The van der Waals surface area contributed by atoms with E-state index in [1.165, 1.54) is 0 Å². The largest absolute Gasteiger partial charge is 0.480 e. The normalized spacial score (nSPS) is 8.38. The van der Waals surface area contributed by atoms with Gasteiger partial charge in [-0.05, 0) is 6.92 Å². The molecule has 0 saturated carbocycles. The lowest BCUT2D eigenvalue weighted by molar-refractivity contribution is -0.142. The molecule has 13 heavy (non-hydrogen) atoms. The van der Waals surface area contributed by atoms with Crippen LogP contribution in [0.2, 0.25) is 0 Å². The molecule has 0 amide bonds. The van der Waals surface area contributed by atoms with Gasteiger partial charge in [-0.3, -0.25) is 0 Å². The molecule has 0 aliphatic rings. The van der Waals surface area contributed by atoms with Crippen LogP contribution in [0.5, 0.6) is 0 Å². The van der Waals surface area contributed by atoms with Crippen LogP contribution in [0.15, 0.2) is 36.4 Å². The Kier molecular flexibility index (Phi) is 7.84. The Balaban J connectivity index is 0.000000223. The van der Waals surface area contributed by atoms with E-state index in [9.17, 15) is 4.79 Å². The third-order valence-corrected chi connectivity index (χ3v) is 1.10. The number of carbonyl (C=O) groups is 1. The predicted molar refractivity (Wildman–Crippen MR) is 50.6 cm³/mol. The molecule has 0 aliphatic carbocycles. The zero-order valence-electron chi connectivity index (χ0n) is 7.64. The summed E-state index contributed by atoms with van der Waals surface area (Å²) in [5.74, 6) is -0.915. The van der Waals surface area contributed by atoms with Crippen molar-refractivity contribution < 1.29 is 14.6 Å². The van der Waals surface area contributed by atoms with E-state index in [1.54, 1.807) is 6.92 Å². The number of carboxylic acid groups (broad SMARTS) is 1. The van der Waals surface area contributed by atoms with Gasteiger partial charge in [0, 0.05) is 6.61 Å². The van der Waals surface area contributed by atoms with E-state index >= 15 is 0 Å². The van der Waals surface area contributed by atoms with Gasteiger partial charge in [0.25, 0.3) is 0 Å². The molecule has 3 nitrogen and oxygen atoms in total. The minimum atomic E-state index is -0.915. The molecular weight excluding hydrogens is 168 g/mol. The van der Waals surface area contributed by atoms with Crippen LogP contribution in [-0.4, -0.2) is 24.3 Å². The second kappa shape index (κ2) is 8.74. The second-order valence-electron chi connectivity index (χ2n) is 2.19. The molecule has 0 saturated heterocycles. The van der Waals surface area contributed by atoms with Crippen LogP contribution in [-0.2, 0) is 9.53 Å². The van der Waals surface area contributed by atoms with Crippen molar-refractivity contribution in [2.45, 2.75) is 6.92 Å². The highest BCUT2D eigenvalue weighted by Crippen LogP contribution is 1.79. The summed E-state index contributed by atoms with van der Waals surface area (Å²) in [7, 11) is 0. The zero-order valence-corrected chi connectivity index (χ0v) is 7.64. The zero-order chi connectivity index (χ0) is 9.94. The van der Waals surface area contributed by atoms with Gasteiger partial charge in [0.1, 0.15) is 6.61 Å². The molecular formula is C10H14O3.